The van der Waals surface area contributed by atoms with Gasteiger partial charge in [-0.1, -0.05) is 0 Å². The first-order chi connectivity index (χ1) is 8.79. The number of nitriles is 1. The Bertz CT molecular complexity index is 479. The summed E-state index contributed by atoms with van der Waals surface area (Å²) in [6.45, 7) is 2.01. The molecule has 4 nitrogen and oxygen atoms in total. The second kappa shape index (κ2) is 4.58. The van der Waals surface area contributed by atoms with Gasteiger partial charge < -0.3 is 4.90 Å². The lowest BCUT2D eigenvalue weighted by atomic mass is 10.1. The van der Waals surface area contributed by atoms with Gasteiger partial charge in [-0.05, 0) is 38.4 Å². The molecule has 1 aromatic heterocycles. The maximum atomic E-state index is 9.18. The molecule has 18 heavy (non-hydrogen) atoms. The average molecular weight is 242 g/mol. The molecule has 2 saturated heterocycles. The second-order valence-electron chi connectivity index (χ2n) is 5.27. The van der Waals surface area contributed by atoms with Crippen molar-refractivity contribution in [1.82, 2.24) is 9.88 Å². The maximum absolute atomic E-state index is 9.18. The highest BCUT2D eigenvalue weighted by atomic mass is 15.3. The Labute approximate surface area is 108 Å². The quantitative estimate of drug-likeness (QED) is 0.750. The van der Waals surface area contributed by atoms with Crippen LogP contribution < -0.4 is 4.90 Å². The fourth-order valence-electron chi connectivity index (χ4n) is 3.24. The van der Waals surface area contributed by atoms with Gasteiger partial charge in [-0.3, -0.25) is 4.90 Å². The van der Waals surface area contributed by atoms with Crippen molar-refractivity contribution < 1.29 is 0 Å². The van der Waals surface area contributed by atoms with E-state index in [9.17, 15) is 5.26 Å². The van der Waals surface area contributed by atoms with Crippen LogP contribution in [0.3, 0.4) is 0 Å². The summed E-state index contributed by atoms with van der Waals surface area (Å²) in [5, 5.41) is 9.18. The van der Waals surface area contributed by atoms with Crippen molar-refractivity contribution in [2.45, 2.75) is 31.3 Å². The van der Waals surface area contributed by atoms with Gasteiger partial charge in [-0.15, -0.1) is 0 Å². The monoisotopic (exact) mass is 242 g/mol. The van der Waals surface area contributed by atoms with E-state index in [1.807, 2.05) is 12.1 Å². The normalized spacial score (nSPS) is 27.9. The Balaban J connectivity index is 1.87. The molecule has 2 aliphatic heterocycles. The molecule has 0 spiro atoms. The smallest absolute Gasteiger partial charge is 0.146 e. The first-order valence-electron chi connectivity index (χ1n) is 6.61. The van der Waals surface area contributed by atoms with Crippen LogP contribution in [-0.2, 0) is 0 Å². The molecule has 1 aromatic rings. The van der Waals surface area contributed by atoms with E-state index in [4.69, 9.17) is 0 Å². The van der Waals surface area contributed by atoms with E-state index in [0.717, 1.165) is 18.9 Å². The van der Waals surface area contributed by atoms with Crippen LogP contribution in [0, 0.1) is 11.3 Å². The highest BCUT2D eigenvalue weighted by Gasteiger charge is 2.35. The Morgan fingerprint density at radius 1 is 1.33 bits per heavy atom. The van der Waals surface area contributed by atoms with Gasteiger partial charge >= 0.3 is 0 Å². The zero-order chi connectivity index (χ0) is 12.5. The lowest BCUT2D eigenvalue weighted by molar-refractivity contribution is 0.254. The number of hydrogen-bond acceptors (Lipinski definition) is 4. The van der Waals surface area contributed by atoms with Crippen molar-refractivity contribution in [3.05, 3.63) is 23.9 Å². The van der Waals surface area contributed by atoms with Gasteiger partial charge in [0.1, 0.15) is 11.9 Å². The van der Waals surface area contributed by atoms with Crippen LogP contribution in [0.2, 0.25) is 0 Å². The molecule has 4 heteroatoms. The fourth-order valence-corrected chi connectivity index (χ4v) is 3.24. The van der Waals surface area contributed by atoms with Crippen LogP contribution in [-0.4, -0.2) is 42.1 Å². The Kier molecular flexibility index (Phi) is 2.92. The maximum Gasteiger partial charge on any atom is 0.146 e. The number of likely N-dealkylation sites (N-methyl/N-ethyl adjacent to an activating group) is 1. The van der Waals surface area contributed by atoms with E-state index in [1.54, 1.807) is 6.20 Å². The molecule has 0 amide bonds. The van der Waals surface area contributed by atoms with E-state index in [0.29, 0.717) is 17.6 Å². The number of rotatable bonds is 1. The molecular formula is C14H18N4. The van der Waals surface area contributed by atoms with Crippen LogP contribution in [0.15, 0.2) is 18.3 Å². The first kappa shape index (κ1) is 11.5. The number of fused-ring (bicyclic) bond motifs is 2. The van der Waals surface area contributed by atoms with Crippen LogP contribution in [0.1, 0.15) is 24.8 Å². The minimum absolute atomic E-state index is 0.617. The largest absolute Gasteiger partial charge is 0.354 e. The highest BCUT2D eigenvalue weighted by molar-refractivity contribution is 5.53. The molecule has 3 rings (SSSR count). The first-order valence-corrected chi connectivity index (χ1v) is 6.61. The van der Waals surface area contributed by atoms with E-state index >= 15 is 0 Å². The number of nitrogens with zero attached hydrogens (tertiary/aromatic N) is 4. The van der Waals surface area contributed by atoms with Gasteiger partial charge in [0.05, 0.1) is 5.56 Å². The summed E-state index contributed by atoms with van der Waals surface area (Å²) in [7, 11) is 2.23. The Morgan fingerprint density at radius 2 is 2.17 bits per heavy atom. The van der Waals surface area contributed by atoms with Crippen LogP contribution in [0.5, 0.6) is 0 Å². The molecule has 0 aromatic carbocycles. The third kappa shape index (κ3) is 1.85. The number of anilines is 1. The Morgan fingerprint density at radius 3 is 3.00 bits per heavy atom. The van der Waals surface area contributed by atoms with Crippen LogP contribution >= 0.6 is 0 Å². The lowest BCUT2D eigenvalue weighted by Crippen LogP contribution is -2.37. The fraction of sp³-hybridized carbons (Fsp3) is 0.571. The van der Waals surface area contributed by atoms with Gasteiger partial charge in [0, 0.05) is 31.4 Å². The topological polar surface area (TPSA) is 43.2 Å². The zero-order valence-corrected chi connectivity index (χ0v) is 10.7. The minimum Gasteiger partial charge on any atom is -0.354 e. The number of pyridine rings is 1. The molecule has 0 N–H and O–H groups in total. The third-order valence-corrected chi connectivity index (χ3v) is 4.36. The summed E-state index contributed by atoms with van der Waals surface area (Å²) in [6, 6.07) is 7.27. The molecular weight excluding hydrogens is 224 g/mol. The van der Waals surface area contributed by atoms with Crippen molar-refractivity contribution >= 4 is 5.82 Å². The molecule has 2 fully saturated rings. The van der Waals surface area contributed by atoms with E-state index in [-0.39, 0.29) is 0 Å². The third-order valence-electron chi connectivity index (χ3n) is 4.36. The predicted octanol–water partition coefficient (Wildman–Crippen LogP) is 1.63. The second-order valence-corrected chi connectivity index (χ2v) is 5.27. The molecule has 3 heterocycles. The Hall–Kier alpha value is -1.60. The van der Waals surface area contributed by atoms with E-state index < -0.39 is 0 Å². The molecule has 2 bridgehead atoms. The van der Waals surface area contributed by atoms with Gasteiger partial charge in [-0.2, -0.15) is 5.26 Å². The van der Waals surface area contributed by atoms with Gasteiger partial charge in [-0.25, -0.2) is 4.98 Å². The van der Waals surface area contributed by atoms with Crippen molar-refractivity contribution in [2.24, 2.45) is 0 Å². The van der Waals surface area contributed by atoms with Crippen molar-refractivity contribution in [3.8, 4) is 6.07 Å². The summed E-state index contributed by atoms with van der Waals surface area (Å²) in [5.41, 5.74) is 0.693. The van der Waals surface area contributed by atoms with Crippen LogP contribution in [0.4, 0.5) is 5.82 Å². The zero-order valence-electron chi connectivity index (χ0n) is 10.7. The molecule has 0 saturated carbocycles. The van der Waals surface area contributed by atoms with Crippen LogP contribution in [0.25, 0.3) is 0 Å². The summed E-state index contributed by atoms with van der Waals surface area (Å²) in [4.78, 5) is 9.21. The standard InChI is InChI=1S/C14H18N4/c1-17-12-4-5-13(17)10-18(8-6-12)14-11(9-15)3-2-7-16-14/h2-3,7,12-13H,4-6,8,10H2,1H3. The number of hydrogen-bond donors (Lipinski definition) is 0. The van der Waals surface area contributed by atoms with E-state index in [1.165, 1.54) is 19.3 Å². The van der Waals surface area contributed by atoms with Gasteiger partial charge in [0.2, 0.25) is 0 Å². The van der Waals surface area contributed by atoms with E-state index in [2.05, 4.69) is 27.9 Å². The molecule has 2 atom stereocenters. The summed E-state index contributed by atoms with van der Waals surface area (Å²) in [6.07, 6.45) is 5.55. The summed E-state index contributed by atoms with van der Waals surface area (Å²) in [5.74, 6) is 0.862. The predicted molar refractivity (Wildman–Crippen MR) is 70.4 cm³/mol. The van der Waals surface area contributed by atoms with Gasteiger partial charge in [0.15, 0.2) is 0 Å². The van der Waals surface area contributed by atoms with Crippen molar-refractivity contribution in [3.63, 3.8) is 0 Å². The molecule has 2 aliphatic rings. The lowest BCUT2D eigenvalue weighted by Gasteiger charge is -2.27. The molecule has 0 radical (unpaired) electrons. The number of aromatic nitrogens is 1. The van der Waals surface area contributed by atoms with Crippen molar-refractivity contribution in [2.75, 3.05) is 25.0 Å². The molecule has 2 unspecified atom stereocenters. The molecule has 0 aliphatic carbocycles. The van der Waals surface area contributed by atoms with Crippen molar-refractivity contribution in [1.29, 1.82) is 5.26 Å². The molecule has 94 valence electrons. The SMILES string of the molecule is CN1C2CCC1CN(c1ncccc1C#N)CC2. The summed E-state index contributed by atoms with van der Waals surface area (Å²) >= 11 is 0. The highest BCUT2D eigenvalue weighted by Crippen LogP contribution is 2.30. The summed E-state index contributed by atoms with van der Waals surface area (Å²) < 4.78 is 0. The van der Waals surface area contributed by atoms with Gasteiger partial charge in [0.25, 0.3) is 0 Å². The average Bonchev–Trinajstić information content (AvgIpc) is 2.63. The minimum atomic E-state index is 0.617.